The maximum absolute atomic E-state index is 11.8. The first-order chi connectivity index (χ1) is 11.6. The number of hydrogen-bond donors (Lipinski definition) is 1. The van der Waals surface area contributed by atoms with Gasteiger partial charge in [-0.05, 0) is 49.4 Å². The van der Waals surface area contributed by atoms with Gasteiger partial charge in [0, 0.05) is 14.5 Å². The smallest absolute Gasteiger partial charge is 0.277 e. The predicted octanol–water partition coefficient (Wildman–Crippen LogP) is 4.14. The summed E-state index contributed by atoms with van der Waals surface area (Å²) in [6.45, 7) is 2.34. The van der Waals surface area contributed by atoms with Crippen LogP contribution >= 0.6 is 31.9 Å². The molecule has 0 atom stereocenters. The average Bonchev–Trinajstić information content (AvgIpc) is 2.57. The van der Waals surface area contributed by atoms with E-state index in [2.05, 4.69) is 42.4 Å². The maximum atomic E-state index is 11.8. The Hall–Kier alpha value is -1.86. The number of hydrazone groups is 1. The number of halogens is 2. The number of benzene rings is 2. The fraction of sp³-hybridized carbons (Fsp3) is 0.176. The molecule has 126 valence electrons. The van der Waals surface area contributed by atoms with Gasteiger partial charge in [0.05, 0.1) is 12.8 Å². The highest BCUT2D eigenvalue weighted by molar-refractivity contribution is 9.10. The van der Waals surface area contributed by atoms with E-state index in [9.17, 15) is 4.79 Å². The van der Waals surface area contributed by atoms with Gasteiger partial charge in [-0.25, -0.2) is 5.43 Å². The number of hydrogen-bond acceptors (Lipinski definition) is 4. The molecule has 0 bridgehead atoms. The van der Waals surface area contributed by atoms with Crippen LogP contribution in [0.25, 0.3) is 0 Å². The third-order valence-electron chi connectivity index (χ3n) is 2.85. The van der Waals surface area contributed by atoms with E-state index in [0.717, 1.165) is 14.5 Å². The van der Waals surface area contributed by atoms with E-state index in [-0.39, 0.29) is 12.5 Å². The highest BCUT2D eigenvalue weighted by Gasteiger charge is 2.04. The Morgan fingerprint density at radius 1 is 1.12 bits per heavy atom. The van der Waals surface area contributed by atoms with E-state index < -0.39 is 0 Å². The molecule has 1 N–H and O–H groups in total. The van der Waals surface area contributed by atoms with Gasteiger partial charge < -0.3 is 9.47 Å². The molecule has 0 heterocycles. The van der Waals surface area contributed by atoms with E-state index >= 15 is 0 Å². The number of ether oxygens (including phenoxy) is 2. The normalized spacial score (nSPS) is 10.6. The third kappa shape index (κ3) is 5.98. The summed E-state index contributed by atoms with van der Waals surface area (Å²) in [6, 6.07) is 12.8. The van der Waals surface area contributed by atoms with Crippen molar-refractivity contribution in [3.8, 4) is 11.5 Å². The number of nitrogens with zero attached hydrogens (tertiary/aromatic N) is 1. The van der Waals surface area contributed by atoms with Crippen molar-refractivity contribution in [1.29, 1.82) is 0 Å². The van der Waals surface area contributed by atoms with Gasteiger partial charge in [0.25, 0.3) is 5.91 Å². The summed E-state index contributed by atoms with van der Waals surface area (Å²) in [5, 5.41) is 3.94. The Bertz CT molecular complexity index is 718. The van der Waals surface area contributed by atoms with Gasteiger partial charge in [-0.3, -0.25) is 4.79 Å². The number of carbonyl (C=O) groups excluding carboxylic acids is 1. The molecule has 7 heteroatoms. The van der Waals surface area contributed by atoms with Crippen LogP contribution in [0.4, 0.5) is 0 Å². The van der Waals surface area contributed by atoms with Crippen LogP contribution < -0.4 is 14.9 Å². The molecule has 0 saturated carbocycles. The van der Waals surface area contributed by atoms with E-state index in [1.54, 1.807) is 12.1 Å². The molecule has 2 aromatic rings. The summed E-state index contributed by atoms with van der Waals surface area (Å²) < 4.78 is 12.7. The molecule has 0 aliphatic carbocycles. The van der Waals surface area contributed by atoms with Crippen LogP contribution in [0.5, 0.6) is 11.5 Å². The summed E-state index contributed by atoms with van der Waals surface area (Å²) in [5.74, 6) is 0.967. The monoisotopic (exact) mass is 454 g/mol. The van der Waals surface area contributed by atoms with E-state index in [4.69, 9.17) is 9.47 Å². The first-order valence-electron chi connectivity index (χ1n) is 7.21. The third-order valence-corrected chi connectivity index (χ3v) is 3.87. The van der Waals surface area contributed by atoms with Gasteiger partial charge in [0.1, 0.15) is 11.5 Å². The molecule has 2 aromatic carbocycles. The van der Waals surface area contributed by atoms with Gasteiger partial charge in [-0.1, -0.05) is 31.9 Å². The molecule has 0 aromatic heterocycles. The van der Waals surface area contributed by atoms with Crippen LogP contribution in [-0.4, -0.2) is 25.3 Å². The Kier molecular flexibility index (Phi) is 7.27. The van der Waals surface area contributed by atoms with Crippen LogP contribution in [-0.2, 0) is 4.79 Å². The Morgan fingerprint density at radius 3 is 2.54 bits per heavy atom. The number of amides is 1. The summed E-state index contributed by atoms with van der Waals surface area (Å²) in [4.78, 5) is 11.8. The summed E-state index contributed by atoms with van der Waals surface area (Å²) in [7, 11) is 0. The van der Waals surface area contributed by atoms with E-state index in [1.807, 2.05) is 37.3 Å². The van der Waals surface area contributed by atoms with Crippen LogP contribution in [0, 0.1) is 0 Å². The summed E-state index contributed by atoms with van der Waals surface area (Å²) >= 11 is 6.73. The lowest BCUT2D eigenvalue weighted by Crippen LogP contribution is -2.24. The second kappa shape index (κ2) is 9.44. The zero-order valence-corrected chi connectivity index (χ0v) is 16.1. The second-order valence-electron chi connectivity index (χ2n) is 4.65. The molecule has 0 aliphatic heterocycles. The Balaban J connectivity index is 1.88. The number of nitrogens with one attached hydrogen (secondary N) is 1. The lowest BCUT2D eigenvalue weighted by molar-refractivity contribution is -0.123. The van der Waals surface area contributed by atoms with E-state index in [0.29, 0.717) is 18.1 Å². The highest BCUT2D eigenvalue weighted by atomic mass is 79.9. The van der Waals surface area contributed by atoms with Gasteiger partial charge >= 0.3 is 0 Å². The largest absolute Gasteiger partial charge is 0.493 e. The van der Waals surface area contributed by atoms with Crippen molar-refractivity contribution >= 4 is 44.0 Å². The van der Waals surface area contributed by atoms with Crippen molar-refractivity contribution in [3.63, 3.8) is 0 Å². The summed E-state index contributed by atoms with van der Waals surface area (Å²) in [5.41, 5.74) is 3.19. The van der Waals surface area contributed by atoms with Crippen molar-refractivity contribution < 1.29 is 14.3 Å². The average molecular weight is 456 g/mol. The lowest BCUT2D eigenvalue weighted by Gasteiger charge is -2.07. The van der Waals surface area contributed by atoms with Crippen LogP contribution in [0.15, 0.2) is 56.5 Å². The van der Waals surface area contributed by atoms with Gasteiger partial charge in [-0.15, -0.1) is 0 Å². The predicted molar refractivity (Wildman–Crippen MR) is 101 cm³/mol. The molecule has 0 saturated heterocycles. The van der Waals surface area contributed by atoms with Crippen molar-refractivity contribution in [3.05, 3.63) is 57.0 Å². The van der Waals surface area contributed by atoms with Gasteiger partial charge in [0.15, 0.2) is 6.61 Å². The molecule has 2 rings (SSSR count). The SMILES string of the molecule is CCOc1ccc(Br)cc1C=NNC(=O)COc1ccc(Br)cc1. The topological polar surface area (TPSA) is 59.9 Å². The minimum absolute atomic E-state index is 0.115. The van der Waals surface area contributed by atoms with Crippen molar-refractivity contribution in [2.24, 2.45) is 5.10 Å². The van der Waals surface area contributed by atoms with Crippen LogP contribution in [0.3, 0.4) is 0 Å². The molecule has 0 aliphatic rings. The maximum Gasteiger partial charge on any atom is 0.277 e. The van der Waals surface area contributed by atoms with Crippen molar-refractivity contribution in [2.75, 3.05) is 13.2 Å². The van der Waals surface area contributed by atoms with Gasteiger partial charge in [-0.2, -0.15) is 5.10 Å². The van der Waals surface area contributed by atoms with Crippen molar-refractivity contribution in [1.82, 2.24) is 5.43 Å². The molecule has 0 radical (unpaired) electrons. The molecule has 24 heavy (non-hydrogen) atoms. The zero-order chi connectivity index (χ0) is 17.4. The Labute approximate surface area is 157 Å². The first kappa shape index (κ1) is 18.5. The molecular weight excluding hydrogens is 440 g/mol. The minimum atomic E-state index is -0.345. The van der Waals surface area contributed by atoms with E-state index in [1.165, 1.54) is 6.21 Å². The highest BCUT2D eigenvalue weighted by Crippen LogP contribution is 2.21. The first-order valence-corrected chi connectivity index (χ1v) is 8.79. The molecule has 5 nitrogen and oxygen atoms in total. The quantitative estimate of drug-likeness (QED) is 0.504. The molecule has 0 fully saturated rings. The summed E-state index contributed by atoms with van der Waals surface area (Å²) in [6.07, 6.45) is 1.54. The molecule has 0 spiro atoms. The fourth-order valence-electron chi connectivity index (χ4n) is 1.79. The number of carbonyl (C=O) groups is 1. The van der Waals surface area contributed by atoms with Crippen LogP contribution in [0.2, 0.25) is 0 Å². The fourth-order valence-corrected chi connectivity index (χ4v) is 2.44. The molecule has 0 unspecified atom stereocenters. The number of rotatable bonds is 7. The van der Waals surface area contributed by atoms with Crippen LogP contribution in [0.1, 0.15) is 12.5 Å². The van der Waals surface area contributed by atoms with Gasteiger partial charge in [0.2, 0.25) is 0 Å². The standard InChI is InChI=1S/C17H16Br2N2O3/c1-2-23-16-8-5-14(19)9-12(16)10-20-21-17(22)11-24-15-6-3-13(18)4-7-15/h3-10H,2,11H2,1H3,(H,21,22). The minimum Gasteiger partial charge on any atom is -0.493 e. The molecule has 1 amide bonds. The molecular formula is C17H16Br2N2O3. The lowest BCUT2D eigenvalue weighted by atomic mass is 10.2. The second-order valence-corrected chi connectivity index (χ2v) is 6.48. The van der Waals surface area contributed by atoms with Crippen molar-refractivity contribution in [2.45, 2.75) is 6.92 Å². The zero-order valence-electron chi connectivity index (χ0n) is 13.0. The Morgan fingerprint density at radius 2 is 1.83 bits per heavy atom.